The van der Waals surface area contributed by atoms with Gasteiger partial charge in [0, 0.05) is 18.5 Å². The van der Waals surface area contributed by atoms with Crippen LogP contribution in [0.25, 0.3) is 0 Å². The number of esters is 1. The number of likely N-dealkylation sites (tertiary alicyclic amines) is 1. The number of rotatable bonds is 5. The van der Waals surface area contributed by atoms with E-state index < -0.39 is 6.04 Å². The molecule has 2 aliphatic heterocycles. The van der Waals surface area contributed by atoms with Crippen LogP contribution >= 0.6 is 0 Å². The zero-order valence-electron chi connectivity index (χ0n) is 16.2. The van der Waals surface area contributed by atoms with Crippen LogP contribution in [0.3, 0.4) is 0 Å². The van der Waals surface area contributed by atoms with Gasteiger partial charge in [-0.25, -0.2) is 9.69 Å². The Kier molecular flexibility index (Phi) is 5.79. The molecule has 3 amide bonds. The van der Waals surface area contributed by atoms with Crippen LogP contribution in [0.15, 0.2) is 24.3 Å². The minimum absolute atomic E-state index is 0.0679. The first-order chi connectivity index (χ1) is 12.9. The lowest BCUT2D eigenvalue weighted by Gasteiger charge is -2.30. The quantitative estimate of drug-likeness (QED) is 0.616. The van der Waals surface area contributed by atoms with Gasteiger partial charge in [0.05, 0.1) is 25.6 Å². The van der Waals surface area contributed by atoms with Crippen molar-refractivity contribution in [3.63, 3.8) is 0 Å². The topological polar surface area (TPSA) is 71.4 Å². The average molecular weight is 374 g/mol. The number of hydrogen-bond acceptors (Lipinski definition) is 4. The Labute approximate surface area is 159 Å². The predicted octanol–water partition coefficient (Wildman–Crippen LogP) is 0.968. The number of benzene rings is 1. The lowest BCUT2D eigenvalue weighted by atomic mass is 9.97. The molecule has 2 fully saturated rings. The Morgan fingerprint density at radius 3 is 2.41 bits per heavy atom. The third kappa shape index (κ3) is 3.98. The van der Waals surface area contributed by atoms with Crippen molar-refractivity contribution >= 4 is 23.6 Å². The first-order valence-corrected chi connectivity index (χ1v) is 9.63. The van der Waals surface area contributed by atoms with Gasteiger partial charge in [-0.3, -0.25) is 14.5 Å². The monoisotopic (exact) mass is 374 g/mol. The fourth-order valence-corrected chi connectivity index (χ4v) is 3.81. The fourth-order valence-electron chi connectivity index (χ4n) is 3.81. The summed E-state index contributed by atoms with van der Waals surface area (Å²) in [6.45, 7) is 7.81. The van der Waals surface area contributed by atoms with Gasteiger partial charge in [0.2, 0.25) is 0 Å². The van der Waals surface area contributed by atoms with Crippen molar-refractivity contribution in [1.29, 1.82) is 0 Å². The Bertz CT molecular complexity index is 710. The molecule has 2 saturated heterocycles. The van der Waals surface area contributed by atoms with E-state index in [1.165, 1.54) is 4.90 Å². The summed E-state index contributed by atoms with van der Waals surface area (Å²) in [7, 11) is 0. The molecular formula is C20H28N3O4+. The maximum atomic E-state index is 12.9. The number of carbonyl (C=O) groups excluding carboxylic acids is 3. The number of hydrogen-bond donors (Lipinski definition) is 1. The van der Waals surface area contributed by atoms with Crippen molar-refractivity contribution in [3.8, 4) is 0 Å². The number of imide groups is 1. The summed E-state index contributed by atoms with van der Waals surface area (Å²) in [5.74, 6) is -0.369. The summed E-state index contributed by atoms with van der Waals surface area (Å²) in [5, 5.41) is 0. The standard InChI is InChI=1S/C20H27N3O4/c1-4-27-19(25)16-9-11-21(12-10-16)13-22-18(24)15(3)23(20(22)26)17-7-5-14(2)6-8-17/h5-8,15-16H,4,9-13H2,1-3H3/p+1/t15-/m0/s1. The smallest absolute Gasteiger partial charge is 0.336 e. The molecule has 1 atom stereocenters. The molecule has 0 saturated carbocycles. The first kappa shape index (κ1) is 19.4. The molecule has 0 spiro atoms. The zero-order valence-corrected chi connectivity index (χ0v) is 16.2. The van der Waals surface area contributed by atoms with Gasteiger partial charge in [-0.2, -0.15) is 0 Å². The van der Waals surface area contributed by atoms with Crippen LogP contribution in [-0.2, 0) is 14.3 Å². The fraction of sp³-hybridized carbons (Fsp3) is 0.550. The van der Waals surface area contributed by atoms with Gasteiger partial charge >= 0.3 is 12.0 Å². The molecule has 2 aliphatic rings. The van der Waals surface area contributed by atoms with Crippen LogP contribution in [0.5, 0.6) is 0 Å². The number of ether oxygens (including phenoxy) is 1. The molecule has 1 aromatic rings. The summed E-state index contributed by atoms with van der Waals surface area (Å²) in [5.41, 5.74) is 1.85. The largest absolute Gasteiger partial charge is 0.466 e. The number of amides is 3. The number of aryl methyl sites for hydroxylation is 1. The summed E-state index contributed by atoms with van der Waals surface area (Å²) in [4.78, 5) is 41.5. The molecule has 0 bridgehead atoms. The second-order valence-electron chi connectivity index (χ2n) is 7.36. The Balaban J connectivity index is 1.62. The summed E-state index contributed by atoms with van der Waals surface area (Å²) >= 11 is 0. The van der Waals surface area contributed by atoms with E-state index in [0.29, 0.717) is 13.3 Å². The second kappa shape index (κ2) is 8.08. The van der Waals surface area contributed by atoms with E-state index in [2.05, 4.69) is 0 Å². The SMILES string of the molecule is CCOC(=O)C1CC[NH+](CN2C(=O)[C@H](C)N(c3ccc(C)cc3)C2=O)CC1. The normalized spacial score (nSPS) is 25.8. The Morgan fingerprint density at radius 1 is 1.19 bits per heavy atom. The van der Waals surface area contributed by atoms with Crippen molar-refractivity contribution in [2.24, 2.45) is 5.92 Å². The van der Waals surface area contributed by atoms with Gasteiger partial charge in [0.25, 0.3) is 5.91 Å². The summed E-state index contributed by atoms with van der Waals surface area (Å²) in [6, 6.07) is 6.85. The second-order valence-corrected chi connectivity index (χ2v) is 7.36. The highest BCUT2D eigenvalue weighted by Crippen LogP contribution is 2.25. The van der Waals surface area contributed by atoms with Crippen LogP contribution in [0, 0.1) is 12.8 Å². The van der Waals surface area contributed by atoms with E-state index >= 15 is 0 Å². The highest BCUT2D eigenvalue weighted by Gasteiger charge is 2.45. The van der Waals surface area contributed by atoms with Gasteiger partial charge < -0.3 is 9.64 Å². The van der Waals surface area contributed by atoms with Crippen molar-refractivity contribution in [2.75, 3.05) is 31.3 Å². The number of piperidine rings is 1. The molecule has 1 N–H and O–H groups in total. The van der Waals surface area contributed by atoms with Crippen LogP contribution < -0.4 is 9.80 Å². The number of anilines is 1. The molecule has 0 unspecified atom stereocenters. The zero-order chi connectivity index (χ0) is 19.6. The first-order valence-electron chi connectivity index (χ1n) is 9.63. The van der Waals surface area contributed by atoms with E-state index in [0.717, 1.165) is 42.1 Å². The van der Waals surface area contributed by atoms with Crippen LogP contribution in [0.4, 0.5) is 10.5 Å². The lowest BCUT2D eigenvalue weighted by molar-refractivity contribution is -0.912. The number of nitrogens with zero attached hydrogens (tertiary/aromatic N) is 2. The minimum Gasteiger partial charge on any atom is -0.466 e. The van der Waals surface area contributed by atoms with Gasteiger partial charge in [0.15, 0.2) is 6.67 Å². The third-order valence-corrected chi connectivity index (χ3v) is 5.45. The number of quaternary nitrogens is 1. The molecule has 0 aromatic heterocycles. The lowest BCUT2D eigenvalue weighted by Crippen LogP contribution is -3.14. The maximum absolute atomic E-state index is 12.9. The third-order valence-electron chi connectivity index (χ3n) is 5.45. The van der Waals surface area contributed by atoms with Crippen molar-refractivity contribution in [2.45, 2.75) is 39.7 Å². The highest BCUT2D eigenvalue weighted by atomic mass is 16.5. The van der Waals surface area contributed by atoms with Gasteiger partial charge in [-0.05, 0) is 32.9 Å². The Morgan fingerprint density at radius 2 is 1.81 bits per heavy atom. The molecule has 7 heteroatoms. The molecule has 0 radical (unpaired) electrons. The number of urea groups is 1. The number of nitrogens with one attached hydrogen (secondary N) is 1. The highest BCUT2D eigenvalue weighted by molar-refractivity contribution is 6.13. The molecule has 1 aromatic carbocycles. The van der Waals surface area contributed by atoms with Gasteiger partial charge in [-0.1, -0.05) is 17.7 Å². The van der Waals surface area contributed by atoms with Crippen LogP contribution in [0.1, 0.15) is 32.3 Å². The van der Waals surface area contributed by atoms with Crippen molar-refractivity contribution < 1.29 is 24.0 Å². The minimum atomic E-state index is -0.503. The van der Waals surface area contributed by atoms with Gasteiger partial charge in [0.1, 0.15) is 6.04 Å². The van der Waals surface area contributed by atoms with Crippen LogP contribution in [-0.4, -0.2) is 55.2 Å². The van der Waals surface area contributed by atoms with E-state index in [1.807, 2.05) is 38.1 Å². The molecule has 0 aliphatic carbocycles. The van der Waals surface area contributed by atoms with Gasteiger partial charge in [-0.15, -0.1) is 0 Å². The summed E-state index contributed by atoms with van der Waals surface area (Å²) in [6.07, 6.45) is 1.45. The molecule has 7 nitrogen and oxygen atoms in total. The molecular weight excluding hydrogens is 346 g/mol. The molecule has 27 heavy (non-hydrogen) atoms. The molecule has 3 rings (SSSR count). The maximum Gasteiger partial charge on any atom is 0.336 e. The molecule has 146 valence electrons. The van der Waals surface area contributed by atoms with Crippen molar-refractivity contribution in [3.05, 3.63) is 29.8 Å². The van der Waals surface area contributed by atoms with Crippen molar-refractivity contribution in [1.82, 2.24) is 4.90 Å². The van der Waals surface area contributed by atoms with E-state index in [4.69, 9.17) is 4.74 Å². The Hall–Kier alpha value is -2.41. The van der Waals surface area contributed by atoms with E-state index in [1.54, 1.807) is 11.8 Å². The van der Waals surface area contributed by atoms with E-state index in [-0.39, 0.29) is 23.8 Å². The predicted molar refractivity (Wildman–Crippen MR) is 100 cm³/mol. The molecule has 2 heterocycles. The number of carbonyl (C=O) groups is 3. The summed E-state index contributed by atoms with van der Waals surface area (Å²) < 4.78 is 5.10. The van der Waals surface area contributed by atoms with Crippen LogP contribution in [0.2, 0.25) is 0 Å². The average Bonchev–Trinajstić information content (AvgIpc) is 2.87. The van der Waals surface area contributed by atoms with E-state index in [9.17, 15) is 14.4 Å².